The molecule has 0 spiro atoms. The van der Waals surface area contributed by atoms with Crippen molar-refractivity contribution in [1.82, 2.24) is 4.31 Å². The van der Waals surface area contributed by atoms with E-state index in [1.54, 1.807) is 19.2 Å². The molecule has 0 N–H and O–H groups in total. The first-order valence-electron chi connectivity index (χ1n) is 7.27. The van der Waals surface area contributed by atoms with E-state index in [-0.39, 0.29) is 17.2 Å². The monoisotopic (exact) mass is 395 g/mol. The number of nitrogens with zero attached hydrogens (tertiary/aromatic N) is 1. The van der Waals surface area contributed by atoms with Crippen molar-refractivity contribution >= 4 is 31.6 Å². The highest BCUT2D eigenvalue weighted by Crippen LogP contribution is 2.28. The Labute approximate surface area is 147 Å². The van der Waals surface area contributed by atoms with Gasteiger partial charge in [0.15, 0.2) is 9.84 Å². The Morgan fingerprint density at radius 3 is 2.42 bits per heavy atom. The van der Waals surface area contributed by atoms with Gasteiger partial charge in [0.2, 0.25) is 10.0 Å². The van der Waals surface area contributed by atoms with Gasteiger partial charge >= 0.3 is 0 Å². The summed E-state index contributed by atoms with van der Waals surface area (Å²) >= 11 is 1.44. The summed E-state index contributed by atoms with van der Waals surface area (Å²) in [7, 11) is -5.81. The standard InChI is InChI=1S/C14H21NO6S3/c1-20-8-9-21-12-3-5-13(6-4-12)24(18,19)15-7-10-22-11-14(15)23(2,16)17/h3-6,14H,7-11H2,1-2H3. The number of benzene rings is 1. The molecule has 0 aliphatic carbocycles. The molecule has 136 valence electrons. The first-order valence-corrected chi connectivity index (χ1v) is 11.8. The molecule has 0 amide bonds. The second-order valence-corrected chi connectivity index (χ2v) is 10.5. The Morgan fingerprint density at radius 1 is 1.17 bits per heavy atom. The molecular formula is C14H21NO6S3. The first-order chi connectivity index (χ1) is 11.3. The third-order valence-electron chi connectivity index (χ3n) is 3.52. The van der Waals surface area contributed by atoms with Gasteiger partial charge in [-0.25, -0.2) is 16.8 Å². The number of methoxy groups -OCH3 is 1. The minimum Gasteiger partial charge on any atom is -0.491 e. The van der Waals surface area contributed by atoms with Gasteiger partial charge < -0.3 is 9.47 Å². The van der Waals surface area contributed by atoms with Crippen LogP contribution < -0.4 is 4.74 Å². The molecule has 0 radical (unpaired) electrons. The number of ether oxygens (including phenoxy) is 2. The first kappa shape index (κ1) is 19.5. The Morgan fingerprint density at radius 2 is 1.83 bits per heavy atom. The van der Waals surface area contributed by atoms with Crippen LogP contribution in [0.5, 0.6) is 5.75 Å². The number of thioether (sulfide) groups is 1. The molecule has 1 aliphatic rings. The molecule has 10 heteroatoms. The molecule has 1 saturated heterocycles. The van der Waals surface area contributed by atoms with Gasteiger partial charge in [-0.2, -0.15) is 16.1 Å². The molecular weight excluding hydrogens is 374 g/mol. The molecule has 1 aromatic rings. The van der Waals surface area contributed by atoms with E-state index in [1.807, 2.05) is 0 Å². The maximum Gasteiger partial charge on any atom is 0.244 e. The number of rotatable bonds is 7. The second kappa shape index (κ2) is 8.05. The van der Waals surface area contributed by atoms with E-state index in [2.05, 4.69) is 0 Å². The number of sulfonamides is 1. The summed E-state index contributed by atoms with van der Waals surface area (Å²) in [5.41, 5.74) is 0. The highest BCUT2D eigenvalue weighted by atomic mass is 32.2. The Bertz CT molecular complexity index is 745. The predicted octanol–water partition coefficient (Wildman–Crippen LogP) is 0.820. The fourth-order valence-corrected chi connectivity index (χ4v) is 7.43. The van der Waals surface area contributed by atoms with Crippen LogP contribution in [-0.2, 0) is 24.6 Å². The summed E-state index contributed by atoms with van der Waals surface area (Å²) in [6.45, 7) is 0.973. The van der Waals surface area contributed by atoms with Gasteiger partial charge in [0.25, 0.3) is 0 Å². The SMILES string of the molecule is COCCOc1ccc(S(=O)(=O)N2CCSCC2S(C)(=O)=O)cc1. The predicted molar refractivity (Wildman–Crippen MR) is 93.7 cm³/mol. The average Bonchev–Trinajstić information content (AvgIpc) is 2.55. The lowest BCUT2D eigenvalue weighted by molar-refractivity contribution is 0.146. The topological polar surface area (TPSA) is 90.0 Å². The van der Waals surface area contributed by atoms with Crippen LogP contribution in [0.1, 0.15) is 0 Å². The lowest BCUT2D eigenvalue weighted by Gasteiger charge is -2.32. The summed E-state index contributed by atoms with van der Waals surface area (Å²) < 4.78 is 60.8. The van der Waals surface area contributed by atoms with Crippen LogP contribution >= 0.6 is 11.8 Å². The second-order valence-electron chi connectivity index (χ2n) is 5.29. The van der Waals surface area contributed by atoms with Crippen molar-refractivity contribution in [3.05, 3.63) is 24.3 Å². The van der Waals surface area contributed by atoms with Crippen molar-refractivity contribution in [3.8, 4) is 5.75 Å². The maximum atomic E-state index is 12.8. The smallest absolute Gasteiger partial charge is 0.244 e. The van der Waals surface area contributed by atoms with Gasteiger partial charge in [-0.3, -0.25) is 0 Å². The normalized spacial score (nSPS) is 20.0. The van der Waals surface area contributed by atoms with Gasteiger partial charge in [0.05, 0.1) is 11.5 Å². The number of sulfone groups is 1. The Kier molecular flexibility index (Phi) is 6.54. The van der Waals surface area contributed by atoms with Crippen molar-refractivity contribution in [1.29, 1.82) is 0 Å². The van der Waals surface area contributed by atoms with Crippen molar-refractivity contribution in [2.24, 2.45) is 0 Å². The van der Waals surface area contributed by atoms with Crippen molar-refractivity contribution in [3.63, 3.8) is 0 Å². The van der Waals surface area contributed by atoms with E-state index in [0.717, 1.165) is 10.6 Å². The molecule has 1 fully saturated rings. The van der Waals surface area contributed by atoms with Crippen LogP contribution in [0.3, 0.4) is 0 Å². The highest BCUT2D eigenvalue weighted by Gasteiger charge is 2.39. The lowest BCUT2D eigenvalue weighted by atomic mass is 10.3. The number of hydrogen-bond acceptors (Lipinski definition) is 7. The zero-order valence-corrected chi connectivity index (χ0v) is 16.0. The fourth-order valence-electron chi connectivity index (χ4n) is 2.26. The molecule has 1 aliphatic heterocycles. The molecule has 24 heavy (non-hydrogen) atoms. The molecule has 1 aromatic carbocycles. The van der Waals surface area contributed by atoms with Crippen LogP contribution in [0.25, 0.3) is 0 Å². The van der Waals surface area contributed by atoms with Gasteiger partial charge in [0, 0.05) is 31.4 Å². The summed E-state index contributed by atoms with van der Waals surface area (Å²) in [6, 6.07) is 5.96. The van der Waals surface area contributed by atoms with Crippen LogP contribution in [0.15, 0.2) is 29.2 Å². The minimum absolute atomic E-state index is 0.0575. The fraction of sp³-hybridized carbons (Fsp3) is 0.571. The van der Waals surface area contributed by atoms with Crippen molar-refractivity contribution < 1.29 is 26.3 Å². The van der Waals surface area contributed by atoms with Crippen molar-refractivity contribution in [2.75, 3.05) is 44.6 Å². The summed E-state index contributed by atoms with van der Waals surface area (Å²) in [5.74, 6) is 1.35. The van der Waals surface area contributed by atoms with Crippen LogP contribution in [0.2, 0.25) is 0 Å². The molecule has 0 aromatic heterocycles. The van der Waals surface area contributed by atoms with Crippen LogP contribution in [0, 0.1) is 0 Å². The molecule has 2 rings (SSSR count). The zero-order chi connectivity index (χ0) is 17.8. The van der Waals surface area contributed by atoms with Gasteiger partial charge in [-0.1, -0.05) is 0 Å². The molecule has 0 saturated carbocycles. The van der Waals surface area contributed by atoms with E-state index >= 15 is 0 Å². The summed E-state index contributed by atoms with van der Waals surface area (Å²) in [5, 5.41) is -1.03. The molecule has 0 bridgehead atoms. The Hall–Kier alpha value is -0.810. The molecule has 1 atom stereocenters. The third kappa shape index (κ3) is 4.63. The number of hydrogen-bond donors (Lipinski definition) is 0. The summed E-state index contributed by atoms with van der Waals surface area (Å²) in [4.78, 5) is 0.0575. The zero-order valence-electron chi connectivity index (χ0n) is 13.5. The van der Waals surface area contributed by atoms with E-state index in [0.29, 0.717) is 24.7 Å². The molecule has 1 unspecified atom stereocenters. The largest absolute Gasteiger partial charge is 0.491 e. The van der Waals surface area contributed by atoms with Gasteiger partial charge in [-0.15, -0.1) is 0 Å². The lowest BCUT2D eigenvalue weighted by Crippen LogP contribution is -2.49. The van der Waals surface area contributed by atoms with Crippen LogP contribution in [0.4, 0.5) is 0 Å². The van der Waals surface area contributed by atoms with Gasteiger partial charge in [-0.05, 0) is 24.3 Å². The van der Waals surface area contributed by atoms with Crippen molar-refractivity contribution in [2.45, 2.75) is 10.3 Å². The van der Waals surface area contributed by atoms with Gasteiger partial charge in [0.1, 0.15) is 17.7 Å². The average molecular weight is 396 g/mol. The summed E-state index contributed by atoms with van der Waals surface area (Å²) in [6.07, 6.45) is 1.07. The van der Waals surface area contributed by atoms with E-state index in [1.165, 1.54) is 23.9 Å². The van der Waals surface area contributed by atoms with E-state index in [9.17, 15) is 16.8 Å². The molecule has 7 nitrogen and oxygen atoms in total. The minimum atomic E-state index is -3.88. The third-order valence-corrected chi connectivity index (χ3v) is 8.22. The van der Waals surface area contributed by atoms with E-state index < -0.39 is 25.2 Å². The quantitative estimate of drug-likeness (QED) is 0.631. The molecule has 1 heterocycles. The highest BCUT2D eigenvalue weighted by molar-refractivity contribution is 8.01. The van der Waals surface area contributed by atoms with E-state index in [4.69, 9.17) is 9.47 Å². The maximum absolute atomic E-state index is 12.8. The Balaban J connectivity index is 2.22. The van der Waals surface area contributed by atoms with Crippen LogP contribution in [-0.4, -0.2) is 71.1 Å².